The molecule has 2 saturated carbocycles. The van der Waals surface area contributed by atoms with Gasteiger partial charge in [0.05, 0.1) is 18.5 Å². The number of hydrogen-bond donors (Lipinski definition) is 2. The highest BCUT2D eigenvalue weighted by atomic mass is 16.4. The van der Waals surface area contributed by atoms with E-state index in [1.165, 1.54) is 44.1 Å². The molecule has 2 fully saturated rings. The Morgan fingerprint density at radius 3 is 2.19 bits per heavy atom. The molecule has 0 amide bonds. The Hall–Kier alpha value is -3.06. The van der Waals surface area contributed by atoms with E-state index in [4.69, 9.17) is 0 Å². The number of rotatable bonds is 9. The van der Waals surface area contributed by atoms with Gasteiger partial charge < -0.3 is 5.11 Å². The van der Waals surface area contributed by atoms with Crippen LogP contribution in [-0.4, -0.2) is 37.3 Å². The molecule has 0 saturated heterocycles. The SMILES string of the molecule is O=C(O)CC(NC(c1ccc(-c2ccccc2)cc1)c1nnnn1C1CCCCC1)C1CCCCC1. The smallest absolute Gasteiger partial charge is 0.304 e. The second-order valence-electron chi connectivity index (χ2n) is 10.5. The van der Waals surface area contributed by atoms with Crippen LogP contribution in [-0.2, 0) is 4.79 Å². The number of aliphatic carboxylic acids is 1. The summed E-state index contributed by atoms with van der Waals surface area (Å²) < 4.78 is 2.01. The van der Waals surface area contributed by atoms with E-state index in [-0.39, 0.29) is 18.5 Å². The van der Waals surface area contributed by atoms with Gasteiger partial charge in [-0.25, -0.2) is 4.68 Å². The molecule has 2 aromatic carbocycles. The van der Waals surface area contributed by atoms with Crippen molar-refractivity contribution in [1.82, 2.24) is 25.5 Å². The minimum absolute atomic E-state index is 0.105. The molecule has 0 aliphatic heterocycles. The highest BCUT2D eigenvalue weighted by molar-refractivity contribution is 5.67. The second kappa shape index (κ2) is 11.8. The Bertz CT molecular complexity index is 1100. The first-order chi connectivity index (χ1) is 17.7. The topological polar surface area (TPSA) is 92.9 Å². The zero-order chi connectivity index (χ0) is 24.7. The highest BCUT2D eigenvalue weighted by Gasteiger charge is 2.32. The van der Waals surface area contributed by atoms with Crippen molar-refractivity contribution in [2.24, 2.45) is 5.92 Å². The lowest BCUT2D eigenvalue weighted by Gasteiger charge is -2.34. The standard InChI is InChI=1S/C29H37N5O2/c35-27(36)20-26(23-12-6-2-7-13-23)30-28(29-31-32-33-34(29)25-14-8-3-9-15-25)24-18-16-22(17-19-24)21-10-4-1-5-11-21/h1,4-5,10-11,16-19,23,25-26,28,30H,2-3,6-9,12-15,20H2,(H,35,36). The van der Waals surface area contributed by atoms with Crippen molar-refractivity contribution < 1.29 is 9.90 Å². The van der Waals surface area contributed by atoms with E-state index in [1.807, 2.05) is 22.9 Å². The van der Waals surface area contributed by atoms with Gasteiger partial charge in [0.1, 0.15) is 0 Å². The molecule has 0 radical (unpaired) electrons. The van der Waals surface area contributed by atoms with Crippen LogP contribution in [0.3, 0.4) is 0 Å². The lowest BCUT2D eigenvalue weighted by molar-refractivity contribution is -0.138. The molecule has 0 bridgehead atoms. The third-order valence-corrected chi connectivity index (χ3v) is 8.04. The first kappa shape index (κ1) is 24.6. The molecular formula is C29H37N5O2. The summed E-state index contributed by atoms with van der Waals surface area (Å²) in [7, 11) is 0. The lowest BCUT2D eigenvalue weighted by atomic mass is 9.82. The minimum Gasteiger partial charge on any atom is -0.481 e. The van der Waals surface area contributed by atoms with Crippen LogP contribution >= 0.6 is 0 Å². The Morgan fingerprint density at radius 2 is 1.53 bits per heavy atom. The summed E-state index contributed by atoms with van der Waals surface area (Å²) in [6.07, 6.45) is 11.6. The average molecular weight is 488 g/mol. The van der Waals surface area contributed by atoms with E-state index < -0.39 is 5.97 Å². The van der Waals surface area contributed by atoms with Crippen molar-refractivity contribution in [3.8, 4) is 11.1 Å². The molecule has 3 aromatic rings. The van der Waals surface area contributed by atoms with Gasteiger partial charge in [-0.3, -0.25) is 10.1 Å². The molecule has 5 rings (SSSR count). The summed E-state index contributed by atoms with van der Waals surface area (Å²) in [6.45, 7) is 0. The van der Waals surface area contributed by atoms with Crippen LogP contribution in [0.25, 0.3) is 11.1 Å². The van der Waals surface area contributed by atoms with Crippen LogP contribution in [0.15, 0.2) is 54.6 Å². The van der Waals surface area contributed by atoms with Crippen molar-refractivity contribution in [1.29, 1.82) is 0 Å². The number of carboxylic acid groups (broad SMARTS) is 1. The fourth-order valence-electron chi connectivity index (χ4n) is 6.10. The Morgan fingerprint density at radius 1 is 0.889 bits per heavy atom. The van der Waals surface area contributed by atoms with Gasteiger partial charge in [0.25, 0.3) is 0 Å². The molecule has 1 heterocycles. The zero-order valence-electron chi connectivity index (χ0n) is 20.9. The van der Waals surface area contributed by atoms with E-state index in [9.17, 15) is 9.90 Å². The van der Waals surface area contributed by atoms with Crippen LogP contribution in [0, 0.1) is 5.92 Å². The summed E-state index contributed by atoms with van der Waals surface area (Å²) in [6, 6.07) is 18.8. The predicted octanol–water partition coefficient (Wildman–Crippen LogP) is 5.95. The summed E-state index contributed by atoms with van der Waals surface area (Å²) in [5.74, 6) is 0.378. The quantitative estimate of drug-likeness (QED) is 0.388. The summed E-state index contributed by atoms with van der Waals surface area (Å²) in [4.78, 5) is 11.9. The molecule has 2 N–H and O–H groups in total. The predicted molar refractivity (Wildman–Crippen MR) is 139 cm³/mol. The number of tetrazole rings is 1. The van der Waals surface area contributed by atoms with Crippen LogP contribution in [0.1, 0.15) is 94.1 Å². The van der Waals surface area contributed by atoms with Crippen LogP contribution < -0.4 is 5.32 Å². The van der Waals surface area contributed by atoms with Gasteiger partial charge >= 0.3 is 5.97 Å². The normalized spacial score (nSPS) is 19.1. The molecule has 36 heavy (non-hydrogen) atoms. The van der Waals surface area contributed by atoms with Gasteiger partial charge in [0.2, 0.25) is 0 Å². The van der Waals surface area contributed by atoms with E-state index in [2.05, 4.69) is 57.2 Å². The third-order valence-electron chi connectivity index (χ3n) is 8.04. The maximum atomic E-state index is 11.9. The minimum atomic E-state index is -0.761. The number of carbonyl (C=O) groups is 1. The Balaban J connectivity index is 1.49. The molecule has 7 heteroatoms. The molecule has 2 aliphatic carbocycles. The van der Waals surface area contributed by atoms with Gasteiger partial charge in [0, 0.05) is 6.04 Å². The van der Waals surface area contributed by atoms with Crippen molar-refractivity contribution in [2.45, 2.75) is 88.8 Å². The number of benzene rings is 2. The first-order valence-corrected chi connectivity index (χ1v) is 13.6. The molecule has 190 valence electrons. The molecule has 7 nitrogen and oxygen atoms in total. The summed E-state index contributed by atoms with van der Waals surface area (Å²) in [5.41, 5.74) is 3.39. The fraction of sp³-hybridized carbons (Fsp3) is 0.517. The number of hydrogen-bond acceptors (Lipinski definition) is 5. The molecule has 1 aromatic heterocycles. The van der Waals surface area contributed by atoms with Crippen LogP contribution in [0.2, 0.25) is 0 Å². The van der Waals surface area contributed by atoms with Crippen LogP contribution in [0.5, 0.6) is 0 Å². The number of nitrogens with zero attached hydrogens (tertiary/aromatic N) is 4. The number of aromatic nitrogens is 4. The summed E-state index contributed by atoms with van der Waals surface area (Å²) in [5, 5.41) is 26.6. The molecule has 2 aliphatic rings. The van der Waals surface area contributed by atoms with E-state index in [0.29, 0.717) is 12.0 Å². The lowest BCUT2D eigenvalue weighted by Crippen LogP contribution is -2.42. The van der Waals surface area contributed by atoms with Gasteiger partial charge in [-0.05, 0) is 58.7 Å². The maximum absolute atomic E-state index is 11.9. The molecule has 0 spiro atoms. The van der Waals surface area contributed by atoms with Gasteiger partial charge in [-0.2, -0.15) is 0 Å². The first-order valence-electron chi connectivity index (χ1n) is 13.6. The molecule has 2 atom stereocenters. The van der Waals surface area contributed by atoms with E-state index in [0.717, 1.165) is 42.6 Å². The fourth-order valence-corrected chi connectivity index (χ4v) is 6.10. The maximum Gasteiger partial charge on any atom is 0.304 e. The number of carboxylic acids is 1. The zero-order valence-corrected chi connectivity index (χ0v) is 20.9. The molecular weight excluding hydrogens is 450 g/mol. The van der Waals surface area contributed by atoms with Crippen molar-refractivity contribution in [2.75, 3.05) is 0 Å². The largest absolute Gasteiger partial charge is 0.481 e. The van der Waals surface area contributed by atoms with Gasteiger partial charge in [-0.1, -0.05) is 93.1 Å². The van der Waals surface area contributed by atoms with Gasteiger partial charge in [0.15, 0.2) is 5.82 Å². The average Bonchev–Trinajstić information content (AvgIpc) is 3.42. The van der Waals surface area contributed by atoms with Gasteiger partial charge in [-0.15, -0.1) is 5.10 Å². The van der Waals surface area contributed by atoms with E-state index >= 15 is 0 Å². The highest BCUT2D eigenvalue weighted by Crippen LogP contribution is 2.34. The molecule has 2 unspecified atom stereocenters. The third kappa shape index (κ3) is 5.84. The van der Waals surface area contributed by atoms with Crippen molar-refractivity contribution in [3.63, 3.8) is 0 Å². The Labute approximate surface area is 213 Å². The van der Waals surface area contributed by atoms with Crippen LogP contribution in [0.4, 0.5) is 0 Å². The van der Waals surface area contributed by atoms with Crippen molar-refractivity contribution >= 4 is 5.97 Å². The Kier molecular flexibility index (Phi) is 8.06. The second-order valence-corrected chi connectivity index (χ2v) is 10.5. The number of nitrogens with one attached hydrogen (secondary N) is 1. The summed E-state index contributed by atoms with van der Waals surface area (Å²) >= 11 is 0. The van der Waals surface area contributed by atoms with Crippen molar-refractivity contribution in [3.05, 3.63) is 66.0 Å². The monoisotopic (exact) mass is 487 g/mol. The van der Waals surface area contributed by atoms with E-state index in [1.54, 1.807) is 0 Å².